The number of hydrogen-bond acceptors (Lipinski definition) is 3. The van der Waals surface area contributed by atoms with E-state index in [0.29, 0.717) is 11.1 Å². The van der Waals surface area contributed by atoms with Crippen molar-refractivity contribution in [1.82, 2.24) is 10.6 Å². The molecule has 1 aromatic rings. The van der Waals surface area contributed by atoms with Crippen molar-refractivity contribution in [3.63, 3.8) is 0 Å². The largest absolute Gasteiger partial charge is 0.478 e. The predicted octanol–water partition coefficient (Wildman–Crippen LogP) is 0.649. The molecule has 6 nitrogen and oxygen atoms in total. The van der Waals surface area contributed by atoms with Crippen molar-refractivity contribution >= 4 is 23.9 Å². The number of likely N-dealkylation sites (N-methyl/N-ethyl adjacent to an activating group) is 1. The summed E-state index contributed by atoms with van der Waals surface area (Å²) >= 11 is 0. The highest BCUT2D eigenvalue weighted by molar-refractivity contribution is 5.98. The van der Waals surface area contributed by atoms with E-state index in [4.69, 9.17) is 5.11 Å². The van der Waals surface area contributed by atoms with E-state index < -0.39 is 17.9 Å². The average Bonchev–Trinajstić information content (AvgIpc) is 2.44. The molecule has 1 atom stereocenters. The van der Waals surface area contributed by atoms with Gasteiger partial charge in [-0.3, -0.25) is 9.59 Å². The highest BCUT2D eigenvalue weighted by atomic mass is 16.4. The molecule has 0 bridgehead atoms. The van der Waals surface area contributed by atoms with Gasteiger partial charge >= 0.3 is 5.97 Å². The van der Waals surface area contributed by atoms with Crippen molar-refractivity contribution < 1.29 is 19.5 Å². The molecule has 0 saturated heterocycles. The molecule has 3 N–H and O–H groups in total. The Morgan fingerprint density at radius 1 is 1.30 bits per heavy atom. The lowest BCUT2D eigenvalue weighted by Crippen LogP contribution is -2.43. The van der Waals surface area contributed by atoms with Crippen molar-refractivity contribution in [2.75, 3.05) is 7.05 Å². The van der Waals surface area contributed by atoms with Gasteiger partial charge in [0.1, 0.15) is 6.04 Å². The van der Waals surface area contributed by atoms with Crippen LogP contribution in [0.25, 0.3) is 6.08 Å². The fourth-order valence-electron chi connectivity index (χ4n) is 1.51. The zero-order valence-corrected chi connectivity index (χ0v) is 11.2. The average molecular weight is 276 g/mol. The number of carbonyl (C=O) groups excluding carboxylic acids is 2. The molecule has 0 saturated carbocycles. The van der Waals surface area contributed by atoms with E-state index in [1.807, 2.05) is 0 Å². The number of carbonyl (C=O) groups is 3. The zero-order valence-electron chi connectivity index (χ0n) is 11.2. The third kappa shape index (κ3) is 4.56. The van der Waals surface area contributed by atoms with Gasteiger partial charge in [0.25, 0.3) is 5.91 Å². The van der Waals surface area contributed by atoms with Crippen LogP contribution >= 0.6 is 0 Å². The standard InChI is InChI=1S/C14H16N2O4/c1-9(13(19)15-2)16-14(20)11-5-3-4-10(8-11)6-7-12(17)18/h3-9H,1-2H3,(H,15,19)(H,16,20)(H,17,18). The highest BCUT2D eigenvalue weighted by Crippen LogP contribution is 2.07. The Labute approximate surface area is 116 Å². The van der Waals surface area contributed by atoms with E-state index in [-0.39, 0.29) is 5.91 Å². The Bertz CT molecular complexity index is 552. The minimum atomic E-state index is -1.06. The van der Waals surface area contributed by atoms with E-state index >= 15 is 0 Å². The van der Waals surface area contributed by atoms with Crippen LogP contribution in [0, 0.1) is 0 Å². The monoisotopic (exact) mass is 276 g/mol. The lowest BCUT2D eigenvalue weighted by atomic mass is 10.1. The van der Waals surface area contributed by atoms with Gasteiger partial charge in [-0.05, 0) is 30.7 Å². The molecule has 20 heavy (non-hydrogen) atoms. The maximum Gasteiger partial charge on any atom is 0.328 e. The van der Waals surface area contributed by atoms with Crippen molar-refractivity contribution in [3.8, 4) is 0 Å². The topological polar surface area (TPSA) is 95.5 Å². The third-order valence-corrected chi connectivity index (χ3v) is 2.55. The second-order valence-corrected chi connectivity index (χ2v) is 4.11. The molecule has 106 valence electrons. The van der Waals surface area contributed by atoms with Crippen molar-refractivity contribution in [1.29, 1.82) is 0 Å². The van der Waals surface area contributed by atoms with E-state index in [9.17, 15) is 14.4 Å². The van der Waals surface area contributed by atoms with E-state index in [1.54, 1.807) is 31.2 Å². The van der Waals surface area contributed by atoms with E-state index in [1.165, 1.54) is 13.1 Å². The number of nitrogens with one attached hydrogen (secondary N) is 2. The second kappa shape index (κ2) is 7.08. The van der Waals surface area contributed by atoms with Gasteiger partial charge in [0.2, 0.25) is 5.91 Å². The molecule has 0 aliphatic heterocycles. The van der Waals surface area contributed by atoms with Crippen LogP contribution in [0.5, 0.6) is 0 Å². The molecule has 0 aromatic heterocycles. The van der Waals surface area contributed by atoms with Gasteiger partial charge in [0, 0.05) is 18.7 Å². The molecular formula is C14H16N2O4. The first-order valence-electron chi connectivity index (χ1n) is 5.97. The second-order valence-electron chi connectivity index (χ2n) is 4.11. The van der Waals surface area contributed by atoms with Crippen LogP contribution in [0.2, 0.25) is 0 Å². The summed E-state index contributed by atoms with van der Waals surface area (Å²) in [5, 5.41) is 13.5. The Balaban J connectivity index is 2.81. The first-order chi connectivity index (χ1) is 9.43. The SMILES string of the molecule is CNC(=O)C(C)NC(=O)c1cccc(C=CC(=O)O)c1. The Morgan fingerprint density at radius 2 is 2.00 bits per heavy atom. The number of carboxylic acids is 1. The quantitative estimate of drug-likeness (QED) is 0.688. The van der Waals surface area contributed by atoms with Crippen LogP contribution in [0.15, 0.2) is 30.3 Å². The molecule has 0 spiro atoms. The lowest BCUT2D eigenvalue weighted by molar-refractivity contribution is -0.131. The highest BCUT2D eigenvalue weighted by Gasteiger charge is 2.15. The van der Waals surface area contributed by atoms with E-state index in [2.05, 4.69) is 10.6 Å². The van der Waals surface area contributed by atoms with Crippen LogP contribution < -0.4 is 10.6 Å². The third-order valence-electron chi connectivity index (χ3n) is 2.55. The van der Waals surface area contributed by atoms with Gasteiger partial charge in [0.15, 0.2) is 0 Å². The van der Waals surface area contributed by atoms with Crippen LogP contribution in [0.4, 0.5) is 0 Å². The number of rotatable bonds is 5. The fourth-order valence-corrected chi connectivity index (χ4v) is 1.51. The molecule has 6 heteroatoms. The zero-order chi connectivity index (χ0) is 15.1. The van der Waals surface area contributed by atoms with Gasteiger partial charge in [0.05, 0.1) is 0 Å². The lowest BCUT2D eigenvalue weighted by Gasteiger charge is -2.12. The number of aliphatic carboxylic acids is 1. The summed E-state index contributed by atoms with van der Waals surface area (Å²) in [6.07, 6.45) is 2.38. The molecule has 0 heterocycles. The Hall–Kier alpha value is -2.63. The van der Waals surface area contributed by atoms with Gasteiger partial charge in [-0.15, -0.1) is 0 Å². The molecule has 1 unspecified atom stereocenters. The molecule has 1 aromatic carbocycles. The van der Waals surface area contributed by atoms with Gasteiger partial charge in [-0.1, -0.05) is 12.1 Å². The molecule has 0 fully saturated rings. The van der Waals surface area contributed by atoms with Gasteiger partial charge < -0.3 is 15.7 Å². The summed E-state index contributed by atoms with van der Waals surface area (Å²) in [7, 11) is 1.49. The molecule has 0 aliphatic rings. The number of benzene rings is 1. The Morgan fingerprint density at radius 3 is 2.60 bits per heavy atom. The van der Waals surface area contributed by atoms with Gasteiger partial charge in [-0.2, -0.15) is 0 Å². The normalized spacial score (nSPS) is 11.9. The predicted molar refractivity (Wildman–Crippen MR) is 74.1 cm³/mol. The molecular weight excluding hydrogens is 260 g/mol. The number of carboxylic acid groups (broad SMARTS) is 1. The van der Waals surface area contributed by atoms with Crippen LogP contribution in [0.3, 0.4) is 0 Å². The smallest absolute Gasteiger partial charge is 0.328 e. The summed E-state index contributed by atoms with van der Waals surface area (Å²) in [5.41, 5.74) is 0.945. The number of amides is 2. The molecule has 0 aliphatic carbocycles. The van der Waals surface area contributed by atoms with Crippen LogP contribution in [-0.2, 0) is 9.59 Å². The molecule has 1 rings (SSSR count). The summed E-state index contributed by atoms with van der Waals surface area (Å²) in [4.78, 5) is 33.7. The maximum atomic E-state index is 11.9. The maximum absolute atomic E-state index is 11.9. The van der Waals surface area contributed by atoms with Crippen molar-refractivity contribution in [2.45, 2.75) is 13.0 Å². The summed E-state index contributed by atoms with van der Waals surface area (Å²) in [5.74, 6) is -1.75. The fraction of sp³-hybridized carbons (Fsp3) is 0.214. The van der Waals surface area contributed by atoms with Crippen molar-refractivity contribution in [2.24, 2.45) is 0 Å². The summed E-state index contributed by atoms with van der Waals surface area (Å²) < 4.78 is 0. The number of hydrogen-bond donors (Lipinski definition) is 3. The first kappa shape index (κ1) is 15.4. The van der Waals surface area contributed by atoms with Crippen LogP contribution in [0.1, 0.15) is 22.8 Å². The van der Waals surface area contributed by atoms with Crippen molar-refractivity contribution in [3.05, 3.63) is 41.5 Å². The van der Waals surface area contributed by atoms with Gasteiger partial charge in [-0.25, -0.2) is 4.79 Å². The van der Waals surface area contributed by atoms with E-state index in [0.717, 1.165) is 6.08 Å². The van der Waals surface area contributed by atoms with Crippen LogP contribution in [-0.4, -0.2) is 36.0 Å². The minimum Gasteiger partial charge on any atom is -0.478 e. The molecule has 2 amide bonds. The minimum absolute atomic E-state index is 0.291. The first-order valence-corrected chi connectivity index (χ1v) is 5.97. The summed E-state index contributed by atoms with van der Waals surface area (Å²) in [6, 6.07) is 5.81. The summed E-state index contributed by atoms with van der Waals surface area (Å²) in [6.45, 7) is 1.57. The molecule has 0 radical (unpaired) electrons. The Kier molecular flexibility index (Phi) is 5.46.